The molecule has 0 unspecified atom stereocenters. The number of thioether (sulfide) groups is 1. The fourth-order valence-corrected chi connectivity index (χ4v) is 5.54. The van der Waals surface area contributed by atoms with E-state index in [9.17, 15) is 4.79 Å². The highest BCUT2D eigenvalue weighted by Gasteiger charge is 2.26. The van der Waals surface area contributed by atoms with Crippen LogP contribution in [0.4, 0.5) is 5.82 Å². The Hall–Kier alpha value is -2.37. The average molecular weight is 418 g/mol. The second-order valence-electron chi connectivity index (χ2n) is 8.31. The molecule has 5 heteroatoms. The second-order valence-corrected chi connectivity index (χ2v) is 9.45. The van der Waals surface area contributed by atoms with Crippen molar-refractivity contribution in [3.63, 3.8) is 0 Å². The van der Waals surface area contributed by atoms with Crippen molar-refractivity contribution >= 4 is 34.3 Å². The van der Waals surface area contributed by atoms with Gasteiger partial charge in [0.15, 0.2) is 5.78 Å². The Bertz CT molecular complexity index is 1090. The lowest BCUT2D eigenvalue weighted by molar-refractivity contribution is 0.0897. The lowest BCUT2D eigenvalue weighted by Gasteiger charge is -2.25. The summed E-state index contributed by atoms with van der Waals surface area (Å²) in [6, 6.07) is 16.9. The fourth-order valence-electron chi connectivity index (χ4n) is 4.52. The Morgan fingerprint density at radius 2 is 1.97 bits per heavy atom. The predicted molar refractivity (Wildman–Crippen MR) is 125 cm³/mol. The van der Waals surface area contributed by atoms with Crippen molar-refractivity contribution in [3.05, 3.63) is 65.2 Å². The van der Waals surface area contributed by atoms with Gasteiger partial charge in [0, 0.05) is 40.6 Å². The molecule has 5 rings (SSSR count). The minimum Gasteiger partial charge on any atom is -0.351 e. The summed E-state index contributed by atoms with van der Waals surface area (Å²) in [6.45, 7) is 5.67. The highest BCUT2D eigenvalue weighted by Crippen LogP contribution is 2.32. The quantitative estimate of drug-likeness (QED) is 0.618. The number of hydrogen-bond acceptors (Lipinski definition) is 5. The van der Waals surface area contributed by atoms with Gasteiger partial charge in [-0.2, -0.15) is 0 Å². The van der Waals surface area contributed by atoms with Crippen LogP contribution in [0.25, 0.3) is 10.9 Å². The molecule has 0 radical (unpaired) electrons. The van der Waals surface area contributed by atoms with E-state index < -0.39 is 0 Å². The first-order valence-corrected chi connectivity index (χ1v) is 11.8. The second kappa shape index (κ2) is 8.40. The first-order chi connectivity index (χ1) is 14.7. The summed E-state index contributed by atoms with van der Waals surface area (Å²) in [4.78, 5) is 22.2. The Labute approximate surface area is 182 Å². The largest absolute Gasteiger partial charge is 0.351 e. The number of benzene rings is 2. The van der Waals surface area contributed by atoms with Gasteiger partial charge in [0.25, 0.3) is 0 Å². The van der Waals surface area contributed by atoms with Crippen LogP contribution < -0.4 is 10.2 Å². The molecule has 1 fully saturated rings. The van der Waals surface area contributed by atoms with Gasteiger partial charge in [0.05, 0.1) is 5.52 Å². The number of hydrogen-bond donors (Lipinski definition) is 1. The summed E-state index contributed by atoms with van der Waals surface area (Å²) < 4.78 is 0. The predicted octanol–water partition coefficient (Wildman–Crippen LogP) is 4.84. The molecule has 0 saturated carbocycles. The molecular formula is C25H27N3OS. The number of Topliss-reactive ketones (excluding diaryl/α,β-unsaturated/α-hetero) is 1. The number of pyridine rings is 1. The standard InChI is InChI=1S/C25H27N3OS/c1-17-6-7-22-20(14-17)21(25(29)18-8-10-26-11-9-18)15-24(27-22)28-12-13-30-23-5-3-2-4-19(23)16-28/h2-7,14-15,18,26H,8-13,16H2,1H3. The smallest absolute Gasteiger partial charge is 0.166 e. The normalized spacial score (nSPS) is 17.6. The number of piperidine rings is 1. The Kier molecular flexibility index (Phi) is 5.48. The van der Waals surface area contributed by atoms with Gasteiger partial charge in [-0.25, -0.2) is 4.98 Å². The average Bonchev–Trinajstić information content (AvgIpc) is 3.01. The fraction of sp³-hybridized carbons (Fsp3) is 0.360. The van der Waals surface area contributed by atoms with E-state index in [1.165, 1.54) is 10.5 Å². The van der Waals surface area contributed by atoms with Crippen LogP contribution in [0, 0.1) is 12.8 Å². The van der Waals surface area contributed by atoms with E-state index >= 15 is 0 Å². The molecule has 0 spiro atoms. The third-order valence-corrected chi connectivity index (χ3v) is 7.30. The van der Waals surface area contributed by atoms with Crippen LogP contribution in [0.15, 0.2) is 53.4 Å². The molecule has 0 bridgehead atoms. The van der Waals surface area contributed by atoms with Gasteiger partial charge in [-0.1, -0.05) is 29.8 Å². The molecule has 0 atom stereocenters. The van der Waals surface area contributed by atoms with Gasteiger partial charge in [-0.05, 0) is 62.7 Å². The van der Waals surface area contributed by atoms with Crippen molar-refractivity contribution < 1.29 is 4.79 Å². The molecule has 3 aromatic rings. The highest BCUT2D eigenvalue weighted by molar-refractivity contribution is 7.99. The van der Waals surface area contributed by atoms with Crippen LogP contribution in [-0.2, 0) is 6.54 Å². The molecule has 154 valence electrons. The topological polar surface area (TPSA) is 45.2 Å². The highest BCUT2D eigenvalue weighted by atomic mass is 32.2. The number of anilines is 1. The lowest BCUT2D eigenvalue weighted by Crippen LogP contribution is -2.32. The zero-order valence-electron chi connectivity index (χ0n) is 17.4. The van der Waals surface area contributed by atoms with Crippen molar-refractivity contribution in [1.29, 1.82) is 0 Å². The summed E-state index contributed by atoms with van der Waals surface area (Å²) in [5.41, 5.74) is 4.25. The number of rotatable bonds is 3. The molecule has 1 N–H and O–H groups in total. The summed E-state index contributed by atoms with van der Waals surface area (Å²) >= 11 is 1.90. The van der Waals surface area contributed by atoms with E-state index in [2.05, 4.69) is 65.7 Å². The van der Waals surface area contributed by atoms with Crippen molar-refractivity contribution in [2.24, 2.45) is 5.92 Å². The van der Waals surface area contributed by atoms with Crippen LogP contribution in [0.1, 0.15) is 34.3 Å². The Morgan fingerprint density at radius 1 is 1.13 bits per heavy atom. The Balaban J connectivity index is 1.57. The first kappa shape index (κ1) is 19.6. The maximum atomic E-state index is 13.5. The van der Waals surface area contributed by atoms with Gasteiger partial charge in [-0.15, -0.1) is 11.8 Å². The number of fused-ring (bicyclic) bond motifs is 2. The summed E-state index contributed by atoms with van der Waals surface area (Å²) in [5.74, 6) is 2.31. The van der Waals surface area contributed by atoms with Crippen LogP contribution in [0.2, 0.25) is 0 Å². The van der Waals surface area contributed by atoms with Crippen molar-refractivity contribution in [2.75, 3.05) is 30.3 Å². The van der Waals surface area contributed by atoms with Gasteiger partial charge < -0.3 is 10.2 Å². The van der Waals surface area contributed by atoms with E-state index in [1.807, 2.05) is 11.8 Å². The van der Waals surface area contributed by atoms with Gasteiger partial charge >= 0.3 is 0 Å². The molecule has 4 nitrogen and oxygen atoms in total. The maximum absolute atomic E-state index is 13.5. The molecular weight excluding hydrogens is 390 g/mol. The molecule has 30 heavy (non-hydrogen) atoms. The number of carbonyl (C=O) groups excluding carboxylic acids is 1. The molecule has 3 heterocycles. The van der Waals surface area contributed by atoms with Crippen molar-refractivity contribution in [2.45, 2.75) is 31.2 Å². The summed E-state index contributed by atoms with van der Waals surface area (Å²) in [6.07, 6.45) is 1.83. The van der Waals surface area contributed by atoms with Gasteiger partial charge in [-0.3, -0.25) is 4.79 Å². The minimum absolute atomic E-state index is 0.102. The van der Waals surface area contributed by atoms with Crippen molar-refractivity contribution in [3.8, 4) is 0 Å². The number of aryl methyl sites for hydroxylation is 1. The van der Waals surface area contributed by atoms with E-state index in [-0.39, 0.29) is 11.7 Å². The summed E-state index contributed by atoms with van der Waals surface area (Å²) in [5, 5.41) is 4.36. The Morgan fingerprint density at radius 3 is 2.83 bits per heavy atom. The monoisotopic (exact) mass is 417 g/mol. The maximum Gasteiger partial charge on any atom is 0.166 e. The molecule has 2 aliphatic heterocycles. The van der Waals surface area contributed by atoms with E-state index in [0.29, 0.717) is 0 Å². The molecule has 2 aromatic carbocycles. The third kappa shape index (κ3) is 3.84. The lowest BCUT2D eigenvalue weighted by atomic mass is 9.88. The molecule has 0 aliphatic carbocycles. The summed E-state index contributed by atoms with van der Waals surface area (Å²) in [7, 11) is 0. The van der Waals surface area contributed by atoms with Gasteiger partial charge in [0.1, 0.15) is 5.82 Å². The van der Waals surface area contributed by atoms with Crippen LogP contribution >= 0.6 is 11.8 Å². The van der Waals surface area contributed by atoms with Crippen LogP contribution in [-0.4, -0.2) is 36.2 Å². The number of nitrogens with one attached hydrogen (secondary N) is 1. The SMILES string of the molecule is Cc1ccc2nc(N3CCSc4ccccc4C3)cc(C(=O)C3CCNCC3)c2c1. The molecule has 1 saturated heterocycles. The van der Waals surface area contributed by atoms with Gasteiger partial charge in [0.2, 0.25) is 0 Å². The van der Waals surface area contributed by atoms with E-state index in [0.717, 1.165) is 72.6 Å². The number of ketones is 1. The number of nitrogens with zero attached hydrogens (tertiary/aromatic N) is 2. The van der Waals surface area contributed by atoms with E-state index in [1.54, 1.807) is 0 Å². The van der Waals surface area contributed by atoms with Crippen LogP contribution in [0.5, 0.6) is 0 Å². The van der Waals surface area contributed by atoms with E-state index in [4.69, 9.17) is 4.98 Å². The molecule has 0 amide bonds. The minimum atomic E-state index is 0.102. The number of aromatic nitrogens is 1. The van der Waals surface area contributed by atoms with Crippen LogP contribution in [0.3, 0.4) is 0 Å². The van der Waals surface area contributed by atoms with Crippen molar-refractivity contribution in [1.82, 2.24) is 10.3 Å². The third-order valence-electron chi connectivity index (χ3n) is 6.20. The molecule has 2 aliphatic rings. The molecule has 1 aromatic heterocycles. The zero-order chi connectivity index (χ0) is 20.5. The number of carbonyl (C=O) groups is 1. The zero-order valence-corrected chi connectivity index (χ0v) is 18.2. The first-order valence-electron chi connectivity index (χ1n) is 10.8.